The number of ether oxygens (including phenoxy) is 2. The molecule has 0 bridgehead atoms. The van der Waals surface area contributed by atoms with Crippen molar-refractivity contribution >= 4 is 6.16 Å². The predicted molar refractivity (Wildman–Crippen MR) is 66.1 cm³/mol. The number of alkyl halides is 2. The summed E-state index contributed by atoms with van der Waals surface area (Å²) < 4.78 is 34.2. The Morgan fingerprint density at radius 3 is 1.61 bits per heavy atom. The van der Waals surface area contributed by atoms with Crippen LogP contribution < -0.4 is 0 Å². The van der Waals surface area contributed by atoms with Crippen molar-refractivity contribution in [3.05, 3.63) is 0 Å². The lowest BCUT2D eigenvalue weighted by Gasteiger charge is -2.19. The Hall–Kier alpha value is -0.870. The number of carbonyl (C=O) groups excluding carboxylic acids is 1. The van der Waals surface area contributed by atoms with Gasteiger partial charge in [-0.15, -0.1) is 0 Å². The molecule has 0 aliphatic rings. The molecule has 0 aliphatic heterocycles. The lowest BCUT2D eigenvalue weighted by Crippen LogP contribution is -2.23. The molecule has 18 heavy (non-hydrogen) atoms. The van der Waals surface area contributed by atoms with Crippen LogP contribution in [0.15, 0.2) is 0 Å². The summed E-state index contributed by atoms with van der Waals surface area (Å²) in [5.41, 5.74) is 0. The molecule has 3 nitrogen and oxygen atoms in total. The van der Waals surface area contributed by atoms with Crippen molar-refractivity contribution in [1.29, 1.82) is 0 Å². The van der Waals surface area contributed by atoms with Crippen LogP contribution in [0.3, 0.4) is 0 Å². The number of halogens is 2. The fraction of sp³-hybridized carbons (Fsp3) is 0.923. The van der Waals surface area contributed by atoms with Crippen LogP contribution >= 0.6 is 0 Å². The van der Waals surface area contributed by atoms with Gasteiger partial charge in [0.25, 0.3) is 0 Å². The lowest BCUT2D eigenvalue weighted by atomic mass is 10.1. The van der Waals surface area contributed by atoms with E-state index < -0.39 is 19.5 Å². The zero-order valence-corrected chi connectivity index (χ0v) is 11.3. The normalized spacial score (nSPS) is 14.0. The molecule has 0 rings (SSSR count). The summed E-state index contributed by atoms with van der Waals surface area (Å²) in [5, 5.41) is 0. The highest BCUT2D eigenvalue weighted by Crippen LogP contribution is 2.12. The van der Waals surface area contributed by atoms with E-state index in [1.54, 1.807) is 0 Å². The van der Waals surface area contributed by atoms with Crippen molar-refractivity contribution in [2.75, 3.05) is 13.3 Å². The topological polar surface area (TPSA) is 35.5 Å². The largest absolute Gasteiger partial charge is 0.508 e. The van der Waals surface area contributed by atoms with Gasteiger partial charge in [0.05, 0.1) is 13.3 Å². The van der Waals surface area contributed by atoms with Crippen molar-refractivity contribution in [2.45, 2.75) is 64.6 Å². The van der Waals surface area contributed by atoms with Crippen LogP contribution in [-0.2, 0) is 9.47 Å². The van der Waals surface area contributed by atoms with E-state index in [9.17, 15) is 13.6 Å². The van der Waals surface area contributed by atoms with E-state index in [-0.39, 0.29) is 12.2 Å². The van der Waals surface area contributed by atoms with Crippen molar-refractivity contribution in [3.8, 4) is 0 Å². The highest BCUT2D eigenvalue weighted by atomic mass is 19.1. The Morgan fingerprint density at radius 1 is 0.944 bits per heavy atom. The molecule has 0 aromatic heterocycles. The zero-order chi connectivity index (χ0) is 13.8. The Morgan fingerprint density at radius 2 is 1.33 bits per heavy atom. The summed E-state index contributed by atoms with van der Waals surface area (Å²) in [4.78, 5) is 11.5. The SMILES string of the molecule is CCC(CCCF)OC(=O)OC(CC)CCCF. The molecule has 0 aliphatic carbocycles. The molecule has 0 N–H and O–H groups in total. The average molecular weight is 266 g/mol. The predicted octanol–water partition coefficient (Wildman–Crippen LogP) is 4.20. The third-order valence-corrected chi connectivity index (χ3v) is 2.76. The quantitative estimate of drug-likeness (QED) is 0.556. The fourth-order valence-electron chi connectivity index (χ4n) is 1.60. The van der Waals surface area contributed by atoms with Crippen molar-refractivity contribution in [3.63, 3.8) is 0 Å². The number of carbonyl (C=O) groups is 1. The molecule has 2 atom stereocenters. The van der Waals surface area contributed by atoms with Crippen LogP contribution in [0.2, 0.25) is 0 Å². The van der Waals surface area contributed by atoms with Gasteiger partial charge < -0.3 is 9.47 Å². The van der Waals surface area contributed by atoms with Crippen molar-refractivity contribution < 1.29 is 23.0 Å². The molecule has 0 saturated carbocycles. The molecule has 0 heterocycles. The Kier molecular flexibility index (Phi) is 10.7. The first-order valence-corrected chi connectivity index (χ1v) is 6.67. The summed E-state index contributed by atoms with van der Waals surface area (Å²) in [6.07, 6.45) is 1.71. The van der Waals surface area contributed by atoms with E-state index in [4.69, 9.17) is 9.47 Å². The molecular formula is C13H24F2O3. The van der Waals surface area contributed by atoms with Crippen LogP contribution in [0.25, 0.3) is 0 Å². The van der Waals surface area contributed by atoms with Crippen molar-refractivity contribution in [2.24, 2.45) is 0 Å². The average Bonchev–Trinajstić information content (AvgIpc) is 2.39. The van der Waals surface area contributed by atoms with Gasteiger partial charge in [0.15, 0.2) is 0 Å². The minimum Gasteiger partial charge on any atom is -0.431 e. The Balaban J connectivity index is 3.96. The van der Waals surface area contributed by atoms with E-state index in [1.807, 2.05) is 13.8 Å². The van der Waals surface area contributed by atoms with Crippen LogP contribution in [0.5, 0.6) is 0 Å². The number of hydrogen-bond donors (Lipinski definition) is 0. The van der Waals surface area contributed by atoms with Gasteiger partial charge in [-0.3, -0.25) is 8.78 Å². The summed E-state index contributed by atoms with van der Waals surface area (Å²) >= 11 is 0. The zero-order valence-electron chi connectivity index (χ0n) is 11.3. The lowest BCUT2D eigenvalue weighted by molar-refractivity contribution is -0.00912. The summed E-state index contributed by atoms with van der Waals surface area (Å²) in [7, 11) is 0. The maximum absolute atomic E-state index is 12.0. The summed E-state index contributed by atoms with van der Waals surface area (Å²) in [6, 6.07) is 0. The first-order valence-electron chi connectivity index (χ1n) is 6.67. The first kappa shape index (κ1) is 17.1. The van der Waals surface area contributed by atoms with Gasteiger partial charge in [-0.25, -0.2) is 4.79 Å². The first-order chi connectivity index (χ1) is 8.67. The highest BCUT2D eigenvalue weighted by molar-refractivity contribution is 5.60. The Bertz CT molecular complexity index is 192. The third kappa shape index (κ3) is 8.25. The maximum atomic E-state index is 12.0. The van der Waals surface area contributed by atoms with Crippen LogP contribution in [-0.4, -0.2) is 31.7 Å². The van der Waals surface area contributed by atoms with E-state index in [0.29, 0.717) is 38.5 Å². The molecular weight excluding hydrogens is 242 g/mol. The van der Waals surface area contributed by atoms with Gasteiger partial charge in [-0.2, -0.15) is 0 Å². The minimum absolute atomic E-state index is 0.299. The van der Waals surface area contributed by atoms with Crippen molar-refractivity contribution in [1.82, 2.24) is 0 Å². The number of hydrogen-bond acceptors (Lipinski definition) is 3. The van der Waals surface area contributed by atoms with E-state index in [0.717, 1.165) is 0 Å². The maximum Gasteiger partial charge on any atom is 0.508 e. The van der Waals surface area contributed by atoms with Gasteiger partial charge in [0.2, 0.25) is 0 Å². The molecule has 0 spiro atoms. The molecule has 0 radical (unpaired) electrons. The minimum atomic E-state index is -0.730. The summed E-state index contributed by atoms with van der Waals surface area (Å²) in [5.74, 6) is 0. The third-order valence-electron chi connectivity index (χ3n) is 2.76. The van der Waals surface area contributed by atoms with Gasteiger partial charge >= 0.3 is 6.16 Å². The molecule has 0 aromatic carbocycles. The van der Waals surface area contributed by atoms with Gasteiger partial charge in [0, 0.05) is 0 Å². The molecule has 2 unspecified atom stereocenters. The Labute approximate surface area is 108 Å². The van der Waals surface area contributed by atoms with Crippen LogP contribution in [0, 0.1) is 0 Å². The van der Waals surface area contributed by atoms with Gasteiger partial charge in [-0.1, -0.05) is 13.8 Å². The molecule has 108 valence electrons. The van der Waals surface area contributed by atoms with Crippen LogP contribution in [0.1, 0.15) is 52.4 Å². The fourth-order valence-corrected chi connectivity index (χ4v) is 1.60. The van der Waals surface area contributed by atoms with Gasteiger partial charge in [-0.05, 0) is 38.5 Å². The smallest absolute Gasteiger partial charge is 0.431 e. The molecule has 0 amide bonds. The molecule has 0 aromatic rings. The highest BCUT2D eigenvalue weighted by Gasteiger charge is 2.17. The van der Waals surface area contributed by atoms with E-state index in [2.05, 4.69) is 0 Å². The standard InChI is InChI=1S/C13H24F2O3/c1-3-11(7-5-9-14)17-13(16)18-12(4-2)8-6-10-15/h11-12H,3-10H2,1-2H3. The molecule has 5 heteroatoms. The van der Waals surface area contributed by atoms with E-state index in [1.165, 1.54) is 0 Å². The molecule has 0 saturated heterocycles. The summed E-state index contributed by atoms with van der Waals surface area (Å²) in [6.45, 7) is 2.92. The second-order valence-electron chi connectivity index (χ2n) is 4.21. The number of rotatable bonds is 10. The second-order valence-corrected chi connectivity index (χ2v) is 4.21. The second kappa shape index (κ2) is 11.2. The van der Waals surface area contributed by atoms with E-state index >= 15 is 0 Å². The molecule has 0 fully saturated rings. The monoisotopic (exact) mass is 266 g/mol. The van der Waals surface area contributed by atoms with Crippen LogP contribution in [0.4, 0.5) is 13.6 Å². The van der Waals surface area contributed by atoms with Gasteiger partial charge in [0.1, 0.15) is 12.2 Å².